The summed E-state index contributed by atoms with van der Waals surface area (Å²) in [7, 11) is 4.23. The molecule has 0 aliphatic rings. The van der Waals surface area contributed by atoms with Gasteiger partial charge in [0.2, 0.25) is 0 Å². The molecule has 0 saturated carbocycles. The molecular weight excluding hydrogens is 300 g/mol. The van der Waals surface area contributed by atoms with Gasteiger partial charge in [-0.05, 0) is 19.1 Å². The predicted molar refractivity (Wildman–Crippen MR) is 84.6 cm³/mol. The molecule has 0 spiro atoms. The molecule has 0 aliphatic heterocycles. The smallest absolute Gasteiger partial charge is 0.252 e. The first-order valence-electron chi connectivity index (χ1n) is 7.03. The van der Waals surface area contributed by atoms with E-state index < -0.39 is 23.6 Å². The first kappa shape index (κ1) is 18.1. The lowest BCUT2D eigenvalue weighted by atomic mass is 9.96. The summed E-state index contributed by atoms with van der Waals surface area (Å²) in [5.74, 6) is -2.09. The molecule has 8 nitrogen and oxygen atoms in total. The molecule has 23 heavy (non-hydrogen) atoms. The lowest BCUT2D eigenvalue weighted by Crippen LogP contribution is -2.31. The maximum Gasteiger partial charge on any atom is 0.252 e. The van der Waals surface area contributed by atoms with Gasteiger partial charge < -0.3 is 21.3 Å². The van der Waals surface area contributed by atoms with Crippen LogP contribution in [0.3, 0.4) is 0 Å². The van der Waals surface area contributed by atoms with Gasteiger partial charge in [0.25, 0.3) is 23.6 Å². The lowest BCUT2D eigenvalue weighted by Gasteiger charge is -2.14. The predicted octanol–water partition coefficient (Wildman–Crippen LogP) is -0.485. The Morgan fingerprint density at radius 2 is 1.00 bits per heavy atom. The van der Waals surface area contributed by atoms with Gasteiger partial charge in [-0.25, -0.2) is 0 Å². The largest absolute Gasteiger partial charge is 0.355 e. The molecule has 0 fully saturated rings. The zero-order valence-corrected chi connectivity index (χ0v) is 13.5. The molecule has 4 N–H and O–H groups in total. The third kappa shape index (κ3) is 3.85. The van der Waals surface area contributed by atoms with Gasteiger partial charge in [-0.1, -0.05) is 0 Å². The van der Waals surface area contributed by atoms with Crippen LogP contribution in [-0.4, -0.2) is 51.3 Å². The highest BCUT2D eigenvalue weighted by Crippen LogP contribution is 2.18. The normalized spacial score (nSPS) is 9.74. The van der Waals surface area contributed by atoms with Crippen molar-refractivity contribution in [2.45, 2.75) is 6.92 Å². The molecule has 0 radical (unpaired) electrons. The minimum atomic E-state index is -0.531. The second kappa shape index (κ2) is 7.92. The van der Waals surface area contributed by atoms with Crippen molar-refractivity contribution in [3.63, 3.8) is 0 Å². The molecule has 1 rings (SSSR count). The fraction of sp³-hybridized carbons (Fsp3) is 0.333. The van der Waals surface area contributed by atoms with Crippen molar-refractivity contribution in [3.05, 3.63) is 34.4 Å². The fourth-order valence-electron chi connectivity index (χ4n) is 2.01. The summed E-state index contributed by atoms with van der Waals surface area (Å²) >= 11 is 0. The number of carbonyl (C=O) groups excluding carboxylic acids is 4. The molecule has 124 valence electrons. The molecule has 8 heteroatoms. The van der Waals surface area contributed by atoms with E-state index in [2.05, 4.69) is 21.3 Å². The van der Waals surface area contributed by atoms with E-state index in [-0.39, 0.29) is 22.3 Å². The summed E-state index contributed by atoms with van der Waals surface area (Å²) in [6.07, 6.45) is 0. The van der Waals surface area contributed by atoms with E-state index in [4.69, 9.17) is 0 Å². The first-order valence-corrected chi connectivity index (χ1v) is 7.03. The Labute approximate surface area is 134 Å². The Morgan fingerprint density at radius 1 is 0.696 bits per heavy atom. The third-order valence-electron chi connectivity index (χ3n) is 3.15. The Hall–Kier alpha value is -2.90. The molecule has 0 aliphatic carbocycles. The molecule has 1 aromatic rings. The van der Waals surface area contributed by atoms with Gasteiger partial charge in [-0.2, -0.15) is 0 Å². The summed E-state index contributed by atoms with van der Waals surface area (Å²) in [6, 6.07) is 2.49. The van der Waals surface area contributed by atoms with Crippen LogP contribution in [0.15, 0.2) is 12.1 Å². The fourth-order valence-corrected chi connectivity index (χ4v) is 2.01. The van der Waals surface area contributed by atoms with Crippen molar-refractivity contribution in [1.29, 1.82) is 0 Å². The van der Waals surface area contributed by atoms with Crippen LogP contribution in [0.4, 0.5) is 0 Å². The minimum absolute atomic E-state index is 0.0125. The standard InChI is InChI=1S/C15H20N4O4/c1-5-19-15(23)11-7-9(13(21)17-3)8(12(20)16-2)6-10(11)14(22)18-4/h6-7H,5H2,1-4H3,(H,16,20)(H,17,21)(H,18,22)(H,19,23). The summed E-state index contributed by atoms with van der Waals surface area (Å²) in [5, 5.41) is 9.81. The zero-order chi connectivity index (χ0) is 17.6. The van der Waals surface area contributed by atoms with Gasteiger partial charge in [0, 0.05) is 27.7 Å². The molecule has 0 saturated heterocycles. The SMILES string of the molecule is CCNC(=O)c1cc(C(=O)NC)c(C(=O)NC)cc1C(=O)NC. The van der Waals surface area contributed by atoms with Crippen molar-refractivity contribution >= 4 is 23.6 Å². The first-order chi connectivity index (χ1) is 10.9. The van der Waals surface area contributed by atoms with E-state index in [1.54, 1.807) is 6.92 Å². The Bertz CT molecular complexity index is 655. The summed E-state index contributed by atoms with van der Waals surface area (Å²) < 4.78 is 0. The molecule has 0 heterocycles. The minimum Gasteiger partial charge on any atom is -0.355 e. The molecule has 0 aromatic heterocycles. The van der Waals surface area contributed by atoms with Crippen molar-refractivity contribution in [2.24, 2.45) is 0 Å². The van der Waals surface area contributed by atoms with E-state index in [0.717, 1.165) is 0 Å². The van der Waals surface area contributed by atoms with Gasteiger partial charge in [0.05, 0.1) is 22.3 Å². The van der Waals surface area contributed by atoms with Crippen molar-refractivity contribution in [2.75, 3.05) is 27.7 Å². The molecule has 0 atom stereocenters. The molecule has 1 aromatic carbocycles. The van der Waals surface area contributed by atoms with Gasteiger partial charge in [0.1, 0.15) is 0 Å². The van der Waals surface area contributed by atoms with Crippen molar-refractivity contribution < 1.29 is 19.2 Å². The average Bonchev–Trinajstić information content (AvgIpc) is 2.58. The number of benzene rings is 1. The van der Waals surface area contributed by atoms with E-state index in [0.29, 0.717) is 6.54 Å². The van der Waals surface area contributed by atoms with Gasteiger partial charge in [-0.15, -0.1) is 0 Å². The van der Waals surface area contributed by atoms with E-state index >= 15 is 0 Å². The highest BCUT2D eigenvalue weighted by atomic mass is 16.2. The van der Waals surface area contributed by atoms with E-state index in [9.17, 15) is 19.2 Å². The second-order valence-electron chi connectivity index (χ2n) is 4.54. The van der Waals surface area contributed by atoms with Crippen molar-refractivity contribution in [3.8, 4) is 0 Å². The maximum atomic E-state index is 12.2. The van der Waals surface area contributed by atoms with Crippen LogP contribution in [0.2, 0.25) is 0 Å². The number of rotatable bonds is 5. The van der Waals surface area contributed by atoms with Crippen LogP contribution in [0.1, 0.15) is 48.4 Å². The van der Waals surface area contributed by atoms with Crippen molar-refractivity contribution in [1.82, 2.24) is 21.3 Å². The van der Waals surface area contributed by atoms with Gasteiger partial charge in [0.15, 0.2) is 0 Å². The Balaban J connectivity index is 3.67. The van der Waals surface area contributed by atoms with E-state index in [1.165, 1.54) is 33.3 Å². The van der Waals surface area contributed by atoms with Crippen LogP contribution in [0.25, 0.3) is 0 Å². The Kier molecular flexibility index (Phi) is 6.25. The van der Waals surface area contributed by atoms with Crippen LogP contribution >= 0.6 is 0 Å². The number of carbonyl (C=O) groups is 4. The second-order valence-corrected chi connectivity index (χ2v) is 4.54. The van der Waals surface area contributed by atoms with Crippen LogP contribution in [0.5, 0.6) is 0 Å². The monoisotopic (exact) mass is 320 g/mol. The molecule has 0 bridgehead atoms. The van der Waals surface area contributed by atoms with Crippen LogP contribution in [0, 0.1) is 0 Å². The quantitative estimate of drug-likeness (QED) is 0.586. The number of amides is 4. The third-order valence-corrected chi connectivity index (χ3v) is 3.15. The van der Waals surface area contributed by atoms with E-state index in [1.807, 2.05) is 0 Å². The number of hydrogen-bond donors (Lipinski definition) is 4. The number of nitrogens with one attached hydrogen (secondary N) is 4. The van der Waals surface area contributed by atoms with Gasteiger partial charge in [-0.3, -0.25) is 19.2 Å². The zero-order valence-electron chi connectivity index (χ0n) is 13.5. The van der Waals surface area contributed by atoms with Crippen LogP contribution < -0.4 is 21.3 Å². The Morgan fingerprint density at radius 3 is 1.26 bits per heavy atom. The van der Waals surface area contributed by atoms with Gasteiger partial charge >= 0.3 is 0 Å². The summed E-state index contributed by atoms with van der Waals surface area (Å²) in [5.41, 5.74) is 0.0708. The molecule has 0 unspecified atom stereocenters. The molecular formula is C15H20N4O4. The summed E-state index contributed by atoms with van der Waals surface area (Å²) in [4.78, 5) is 48.2. The maximum absolute atomic E-state index is 12.2. The lowest BCUT2D eigenvalue weighted by molar-refractivity contribution is 0.0916. The highest BCUT2D eigenvalue weighted by molar-refractivity contribution is 6.14. The molecule has 4 amide bonds. The van der Waals surface area contributed by atoms with Crippen LogP contribution in [-0.2, 0) is 0 Å². The topological polar surface area (TPSA) is 116 Å². The average molecular weight is 320 g/mol. The highest BCUT2D eigenvalue weighted by Gasteiger charge is 2.24. The number of hydrogen-bond acceptors (Lipinski definition) is 4. The summed E-state index contributed by atoms with van der Waals surface area (Å²) in [6.45, 7) is 2.09.